The third-order valence-electron chi connectivity index (χ3n) is 4.61. The van der Waals surface area contributed by atoms with Crippen LogP contribution in [0.5, 0.6) is 11.5 Å². The first kappa shape index (κ1) is 31.5. The molecule has 0 amide bonds. The van der Waals surface area contributed by atoms with Crippen molar-refractivity contribution in [3.63, 3.8) is 0 Å². The Kier molecular flexibility index (Phi) is 12.0. The van der Waals surface area contributed by atoms with Gasteiger partial charge in [0, 0.05) is 6.61 Å². The first-order chi connectivity index (χ1) is 16.5. The van der Waals surface area contributed by atoms with Crippen LogP contribution >= 0.6 is 0 Å². The van der Waals surface area contributed by atoms with Crippen molar-refractivity contribution in [2.24, 2.45) is 10.8 Å². The first-order valence-corrected chi connectivity index (χ1v) is 12.8. The molecule has 1 unspecified atom stereocenters. The van der Waals surface area contributed by atoms with Crippen LogP contribution in [0.3, 0.4) is 0 Å². The highest BCUT2D eigenvalue weighted by Gasteiger charge is 2.18. The number of carbonyl (C=O) groups is 1. The van der Waals surface area contributed by atoms with Crippen LogP contribution in [0.25, 0.3) is 0 Å². The lowest BCUT2D eigenvalue weighted by molar-refractivity contribution is -0.0613. The molecule has 2 rings (SSSR count). The Hall–Kier alpha value is -2.53. The van der Waals surface area contributed by atoms with E-state index in [1.165, 1.54) is 11.1 Å². The zero-order valence-electron chi connectivity index (χ0n) is 24.4. The number of benzene rings is 2. The van der Waals surface area contributed by atoms with Gasteiger partial charge >= 0.3 is 6.16 Å². The zero-order chi connectivity index (χ0) is 27.6. The summed E-state index contributed by atoms with van der Waals surface area (Å²) in [6.45, 7) is 23.3. The van der Waals surface area contributed by atoms with Gasteiger partial charge in [-0.2, -0.15) is 0 Å². The molecule has 0 bridgehead atoms. The van der Waals surface area contributed by atoms with Gasteiger partial charge in [0.1, 0.15) is 17.1 Å². The van der Waals surface area contributed by atoms with Crippen molar-refractivity contribution in [2.45, 2.75) is 101 Å². The van der Waals surface area contributed by atoms with Crippen LogP contribution in [0.15, 0.2) is 48.5 Å². The second-order valence-corrected chi connectivity index (χ2v) is 12.5. The van der Waals surface area contributed by atoms with Crippen molar-refractivity contribution in [3.05, 3.63) is 59.7 Å². The maximum atomic E-state index is 11.5. The molecule has 0 aliphatic carbocycles. The molecule has 36 heavy (non-hydrogen) atoms. The monoisotopic (exact) mass is 500 g/mol. The van der Waals surface area contributed by atoms with E-state index >= 15 is 0 Å². The number of hydrogen-bond donors (Lipinski definition) is 0. The number of hydrogen-bond acceptors (Lipinski definition) is 5. The predicted molar refractivity (Wildman–Crippen MR) is 148 cm³/mol. The molecule has 2 aromatic carbocycles. The molecule has 5 nitrogen and oxygen atoms in total. The second-order valence-electron chi connectivity index (χ2n) is 12.5. The summed E-state index contributed by atoms with van der Waals surface area (Å²) in [6.07, 6.45) is 1.21. The Morgan fingerprint density at radius 1 is 0.722 bits per heavy atom. The SMILES string of the molecule is CC(C)(C)Cc1ccc(OC(=O)OC(C)(C)C)cc1.CCOC(C)Oc1ccc(CC(C)(C)C)cc1. The Balaban J connectivity index is 0.000000362. The van der Waals surface area contributed by atoms with Crippen LogP contribution in [0.1, 0.15) is 87.3 Å². The van der Waals surface area contributed by atoms with E-state index in [4.69, 9.17) is 18.9 Å². The van der Waals surface area contributed by atoms with Gasteiger partial charge in [0.2, 0.25) is 0 Å². The molecule has 0 saturated heterocycles. The lowest BCUT2D eigenvalue weighted by atomic mass is 9.88. The molecule has 202 valence electrons. The van der Waals surface area contributed by atoms with Crippen molar-refractivity contribution in [1.82, 2.24) is 0 Å². The van der Waals surface area contributed by atoms with E-state index < -0.39 is 11.8 Å². The van der Waals surface area contributed by atoms with Crippen molar-refractivity contribution in [1.29, 1.82) is 0 Å². The minimum atomic E-state index is -0.670. The summed E-state index contributed by atoms with van der Waals surface area (Å²) in [7, 11) is 0. The van der Waals surface area contributed by atoms with Gasteiger partial charge in [-0.25, -0.2) is 4.79 Å². The average molecular weight is 501 g/mol. The normalized spacial score (nSPS) is 12.8. The highest BCUT2D eigenvalue weighted by Crippen LogP contribution is 2.24. The Morgan fingerprint density at radius 2 is 1.14 bits per heavy atom. The van der Waals surface area contributed by atoms with Crippen molar-refractivity contribution in [2.75, 3.05) is 6.61 Å². The van der Waals surface area contributed by atoms with Gasteiger partial charge in [-0.3, -0.25) is 0 Å². The van der Waals surface area contributed by atoms with Crippen LogP contribution in [-0.2, 0) is 22.3 Å². The molecular formula is C31H48O5. The molecule has 0 N–H and O–H groups in total. The first-order valence-electron chi connectivity index (χ1n) is 12.8. The molecule has 0 aliphatic rings. The predicted octanol–water partition coefficient (Wildman–Crippen LogP) is 8.63. The van der Waals surface area contributed by atoms with Crippen LogP contribution in [0.2, 0.25) is 0 Å². The molecule has 0 saturated carbocycles. The van der Waals surface area contributed by atoms with Gasteiger partial charge in [0.05, 0.1) is 0 Å². The maximum absolute atomic E-state index is 11.5. The summed E-state index contributed by atoms with van der Waals surface area (Å²) < 4.78 is 21.2. The van der Waals surface area contributed by atoms with E-state index in [1.54, 1.807) is 32.9 Å². The number of carbonyl (C=O) groups excluding carboxylic acids is 1. The summed E-state index contributed by atoms with van der Waals surface area (Å²) in [5, 5.41) is 0. The van der Waals surface area contributed by atoms with Gasteiger partial charge in [0.15, 0.2) is 6.29 Å². The van der Waals surface area contributed by atoms with Gasteiger partial charge in [-0.15, -0.1) is 0 Å². The van der Waals surface area contributed by atoms with Crippen LogP contribution in [-0.4, -0.2) is 24.7 Å². The highest BCUT2D eigenvalue weighted by molar-refractivity contribution is 5.64. The quantitative estimate of drug-likeness (QED) is 0.216. The average Bonchev–Trinajstić information content (AvgIpc) is 2.68. The molecule has 0 spiro atoms. The molecule has 0 aliphatic heterocycles. The molecule has 0 radical (unpaired) electrons. The molecule has 0 fully saturated rings. The summed E-state index contributed by atoms with van der Waals surface area (Å²) in [5.74, 6) is 1.37. The Bertz CT molecular complexity index is 894. The maximum Gasteiger partial charge on any atom is 0.514 e. The zero-order valence-corrected chi connectivity index (χ0v) is 24.4. The number of ether oxygens (including phenoxy) is 4. The minimum Gasteiger partial charge on any atom is -0.465 e. The topological polar surface area (TPSA) is 54.0 Å². The van der Waals surface area contributed by atoms with Gasteiger partial charge < -0.3 is 18.9 Å². The fraction of sp³-hybridized carbons (Fsp3) is 0.581. The lowest BCUT2D eigenvalue weighted by Gasteiger charge is -2.19. The van der Waals surface area contributed by atoms with E-state index in [0.29, 0.717) is 17.8 Å². The van der Waals surface area contributed by atoms with E-state index in [0.717, 1.165) is 18.6 Å². The molecule has 2 aromatic rings. The second kappa shape index (κ2) is 13.7. The highest BCUT2D eigenvalue weighted by atomic mass is 16.7. The smallest absolute Gasteiger partial charge is 0.465 e. The molecule has 0 aromatic heterocycles. The van der Waals surface area contributed by atoms with E-state index in [-0.39, 0.29) is 11.7 Å². The van der Waals surface area contributed by atoms with Crippen LogP contribution in [0, 0.1) is 10.8 Å². The summed E-state index contributed by atoms with van der Waals surface area (Å²) in [4.78, 5) is 11.5. The lowest BCUT2D eigenvalue weighted by Crippen LogP contribution is -2.25. The summed E-state index contributed by atoms with van der Waals surface area (Å²) in [6, 6.07) is 15.8. The summed E-state index contributed by atoms with van der Waals surface area (Å²) >= 11 is 0. The van der Waals surface area contributed by atoms with E-state index in [9.17, 15) is 4.79 Å². The molecule has 0 heterocycles. The molecular weight excluding hydrogens is 452 g/mol. The third-order valence-corrected chi connectivity index (χ3v) is 4.61. The fourth-order valence-electron chi connectivity index (χ4n) is 3.41. The number of rotatable bonds is 7. The van der Waals surface area contributed by atoms with E-state index in [1.807, 2.05) is 38.1 Å². The standard InChI is InChI=1S/C16H24O3.C15H24O2/c1-15(2,3)11-12-7-9-13(10-8-12)18-14(17)19-16(4,5)6;1-6-16-12(2)17-14-9-7-13(8-10-14)11-15(3,4)5/h7-10H,11H2,1-6H3;7-10,12H,6,11H2,1-5H3. The van der Waals surface area contributed by atoms with Crippen molar-refractivity contribution >= 4 is 6.16 Å². The molecule has 5 heteroatoms. The fourth-order valence-corrected chi connectivity index (χ4v) is 3.41. The third kappa shape index (κ3) is 15.5. The van der Waals surface area contributed by atoms with Crippen molar-refractivity contribution in [3.8, 4) is 11.5 Å². The van der Waals surface area contributed by atoms with Gasteiger partial charge in [-0.1, -0.05) is 65.8 Å². The minimum absolute atomic E-state index is 0.187. The van der Waals surface area contributed by atoms with Crippen LogP contribution in [0.4, 0.5) is 4.79 Å². The van der Waals surface area contributed by atoms with Gasteiger partial charge in [0.25, 0.3) is 0 Å². The largest absolute Gasteiger partial charge is 0.514 e. The summed E-state index contributed by atoms with van der Waals surface area (Å²) in [5.41, 5.74) is 2.59. The van der Waals surface area contributed by atoms with Crippen LogP contribution < -0.4 is 9.47 Å². The Morgan fingerprint density at radius 3 is 1.50 bits per heavy atom. The van der Waals surface area contributed by atoms with E-state index in [2.05, 4.69) is 53.7 Å². The van der Waals surface area contributed by atoms with Crippen molar-refractivity contribution < 1.29 is 23.7 Å². The molecule has 1 atom stereocenters. The Labute approximate surface area is 219 Å². The van der Waals surface area contributed by atoms with Gasteiger partial charge in [-0.05, 0) is 93.7 Å².